The molecule has 1 aliphatic heterocycles. The first-order valence-electron chi connectivity index (χ1n) is 8.88. The highest BCUT2D eigenvalue weighted by atomic mass is 16.5. The van der Waals surface area contributed by atoms with E-state index < -0.39 is 0 Å². The molecule has 1 amide bonds. The molecule has 1 heterocycles. The highest BCUT2D eigenvalue weighted by molar-refractivity contribution is 5.77. The summed E-state index contributed by atoms with van der Waals surface area (Å²) >= 11 is 0. The van der Waals surface area contributed by atoms with Crippen molar-refractivity contribution in [1.82, 2.24) is 4.90 Å². The van der Waals surface area contributed by atoms with Crippen LogP contribution in [0.3, 0.4) is 0 Å². The van der Waals surface area contributed by atoms with Gasteiger partial charge >= 0.3 is 0 Å². The molecule has 0 aromatic heterocycles. The van der Waals surface area contributed by atoms with Gasteiger partial charge in [0.1, 0.15) is 6.10 Å². The van der Waals surface area contributed by atoms with Crippen LogP contribution in [0, 0.1) is 5.92 Å². The Morgan fingerprint density at radius 2 is 2.05 bits per heavy atom. The van der Waals surface area contributed by atoms with Crippen LogP contribution in [0.4, 0.5) is 0 Å². The number of amides is 1. The average Bonchev–Trinajstić information content (AvgIpc) is 3.23. The fourth-order valence-corrected chi connectivity index (χ4v) is 3.80. The third-order valence-corrected chi connectivity index (χ3v) is 5.20. The molecule has 2 atom stereocenters. The second kappa shape index (κ2) is 6.41. The third kappa shape index (κ3) is 3.44. The third-order valence-electron chi connectivity index (χ3n) is 5.20. The van der Waals surface area contributed by atoms with Crippen molar-refractivity contribution in [1.29, 1.82) is 0 Å². The molecule has 3 rings (SSSR count). The van der Waals surface area contributed by atoms with E-state index in [9.17, 15) is 4.79 Å². The van der Waals surface area contributed by atoms with Crippen molar-refractivity contribution in [2.75, 3.05) is 6.54 Å². The lowest BCUT2D eigenvalue weighted by Gasteiger charge is -2.27. The van der Waals surface area contributed by atoms with Crippen molar-refractivity contribution >= 4 is 5.91 Å². The highest BCUT2D eigenvalue weighted by Crippen LogP contribution is 2.40. The Morgan fingerprint density at radius 3 is 2.71 bits per heavy atom. The zero-order valence-electron chi connectivity index (χ0n) is 13.6. The van der Waals surface area contributed by atoms with E-state index >= 15 is 0 Å². The molecule has 0 N–H and O–H groups in total. The van der Waals surface area contributed by atoms with Crippen molar-refractivity contribution in [2.24, 2.45) is 5.92 Å². The molecule has 3 heteroatoms. The number of rotatable bonds is 6. The maximum atomic E-state index is 12.6. The Morgan fingerprint density at radius 1 is 1.24 bits per heavy atom. The lowest BCUT2D eigenvalue weighted by atomic mass is 9.85. The number of ether oxygens (including phenoxy) is 1. The molecule has 3 aliphatic rings. The van der Waals surface area contributed by atoms with Gasteiger partial charge in [-0.25, -0.2) is 0 Å². The molecule has 0 saturated heterocycles. The first-order chi connectivity index (χ1) is 10.2. The van der Waals surface area contributed by atoms with Crippen LogP contribution in [-0.2, 0) is 9.53 Å². The molecule has 3 nitrogen and oxygen atoms in total. The summed E-state index contributed by atoms with van der Waals surface area (Å²) in [6.07, 6.45) is 10.2. The van der Waals surface area contributed by atoms with E-state index in [-0.39, 0.29) is 0 Å². The van der Waals surface area contributed by atoms with Crippen molar-refractivity contribution in [3.8, 4) is 0 Å². The zero-order valence-corrected chi connectivity index (χ0v) is 13.6. The van der Waals surface area contributed by atoms with Gasteiger partial charge in [-0.3, -0.25) is 4.79 Å². The first-order valence-corrected chi connectivity index (χ1v) is 8.88. The molecular formula is C18H29NO2. The fraction of sp³-hybridized carbons (Fsp3) is 0.833. The zero-order chi connectivity index (χ0) is 14.8. The Balaban J connectivity index is 1.53. The van der Waals surface area contributed by atoms with Crippen molar-refractivity contribution < 1.29 is 9.53 Å². The van der Waals surface area contributed by atoms with Gasteiger partial charge in [-0.2, -0.15) is 0 Å². The van der Waals surface area contributed by atoms with Crippen LogP contribution in [0.1, 0.15) is 71.6 Å². The van der Waals surface area contributed by atoms with Crippen LogP contribution in [-0.4, -0.2) is 29.5 Å². The Labute approximate surface area is 128 Å². The molecule has 21 heavy (non-hydrogen) atoms. The van der Waals surface area contributed by atoms with E-state index in [0.717, 1.165) is 45.1 Å². The molecule has 2 aliphatic carbocycles. The average molecular weight is 291 g/mol. The second-order valence-electron chi connectivity index (χ2n) is 7.01. The van der Waals surface area contributed by atoms with E-state index in [2.05, 4.69) is 18.7 Å². The summed E-state index contributed by atoms with van der Waals surface area (Å²) in [7, 11) is 0. The molecule has 1 fully saturated rings. The van der Waals surface area contributed by atoms with Crippen molar-refractivity contribution in [3.05, 3.63) is 11.3 Å². The minimum atomic E-state index is 0.387. The van der Waals surface area contributed by atoms with Gasteiger partial charge in [0.2, 0.25) is 5.91 Å². The van der Waals surface area contributed by atoms with Crippen LogP contribution in [0.15, 0.2) is 11.3 Å². The van der Waals surface area contributed by atoms with E-state index in [4.69, 9.17) is 4.74 Å². The molecule has 1 saturated carbocycles. The molecular weight excluding hydrogens is 262 g/mol. The summed E-state index contributed by atoms with van der Waals surface area (Å²) in [4.78, 5) is 14.7. The Kier molecular flexibility index (Phi) is 4.56. The van der Waals surface area contributed by atoms with Crippen LogP contribution in [0.2, 0.25) is 0 Å². The number of carbonyl (C=O) groups excluding carboxylic acids is 1. The first kappa shape index (κ1) is 14.9. The van der Waals surface area contributed by atoms with Gasteiger partial charge in [0.15, 0.2) is 0 Å². The standard InChI is InChI=1S/C18H29NO2/c1-3-9-19(15-7-8-15)18(20)11-13-5-6-14-12-16(4-2)21-17(14)10-13/h13,15-16H,3-12H2,1-2H3. The molecule has 0 radical (unpaired) electrons. The van der Waals surface area contributed by atoms with Crippen LogP contribution in [0.5, 0.6) is 0 Å². The quantitative estimate of drug-likeness (QED) is 0.739. The van der Waals surface area contributed by atoms with Gasteiger partial charge in [-0.05, 0) is 50.0 Å². The van der Waals surface area contributed by atoms with Gasteiger partial charge in [0.05, 0.1) is 5.76 Å². The summed E-state index contributed by atoms with van der Waals surface area (Å²) in [6, 6.07) is 0.558. The van der Waals surface area contributed by atoms with Gasteiger partial charge in [-0.1, -0.05) is 13.8 Å². The largest absolute Gasteiger partial charge is 0.494 e. The summed E-state index contributed by atoms with van der Waals surface area (Å²) in [6.45, 7) is 5.30. The Bertz CT molecular complexity index is 425. The Hall–Kier alpha value is -0.990. The smallest absolute Gasteiger partial charge is 0.223 e. The van der Waals surface area contributed by atoms with E-state index in [1.165, 1.54) is 30.6 Å². The maximum Gasteiger partial charge on any atom is 0.223 e. The van der Waals surface area contributed by atoms with Gasteiger partial charge in [0, 0.05) is 31.8 Å². The lowest BCUT2D eigenvalue weighted by Crippen LogP contribution is -2.35. The molecule has 0 aromatic carbocycles. The maximum absolute atomic E-state index is 12.6. The van der Waals surface area contributed by atoms with E-state index in [0.29, 0.717) is 24.0 Å². The number of nitrogens with zero attached hydrogens (tertiary/aromatic N) is 1. The fourth-order valence-electron chi connectivity index (χ4n) is 3.80. The van der Waals surface area contributed by atoms with Crippen molar-refractivity contribution in [3.63, 3.8) is 0 Å². The van der Waals surface area contributed by atoms with Crippen LogP contribution >= 0.6 is 0 Å². The predicted octanol–water partition coefficient (Wildman–Crippen LogP) is 4.03. The number of hydrogen-bond donors (Lipinski definition) is 0. The molecule has 0 bridgehead atoms. The number of hydrogen-bond acceptors (Lipinski definition) is 2. The molecule has 0 aromatic rings. The summed E-state index contributed by atoms with van der Waals surface area (Å²) < 4.78 is 6.05. The van der Waals surface area contributed by atoms with Crippen LogP contribution < -0.4 is 0 Å². The highest BCUT2D eigenvalue weighted by Gasteiger charge is 2.35. The van der Waals surface area contributed by atoms with Gasteiger partial charge in [0.25, 0.3) is 0 Å². The van der Waals surface area contributed by atoms with E-state index in [1.54, 1.807) is 0 Å². The second-order valence-corrected chi connectivity index (χ2v) is 7.01. The molecule has 118 valence electrons. The summed E-state index contributed by atoms with van der Waals surface area (Å²) in [5, 5.41) is 0. The van der Waals surface area contributed by atoms with Crippen LogP contribution in [0.25, 0.3) is 0 Å². The normalized spacial score (nSPS) is 28.3. The minimum absolute atomic E-state index is 0.387. The van der Waals surface area contributed by atoms with Gasteiger partial charge in [-0.15, -0.1) is 0 Å². The van der Waals surface area contributed by atoms with Gasteiger partial charge < -0.3 is 9.64 Å². The lowest BCUT2D eigenvalue weighted by molar-refractivity contribution is -0.133. The molecule has 0 spiro atoms. The minimum Gasteiger partial charge on any atom is -0.494 e. The summed E-state index contributed by atoms with van der Waals surface area (Å²) in [5.41, 5.74) is 1.54. The monoisotopic (exact) mass is 291 g/mol. The SMILES string of the molecule is CCCN(C(=O)CC1CCC2=C(C1)OC(CC)C2)C1CC1. The number of carbonyl (C=O) groups is 1. The summed E-state index contributed by atoms with van der Waals surface area (Å²) in [5.74, 6) is 2.13. The molecule has 2 unspecified atom stereocenters. The van der Waals surface area contributed by atoms with Crippen molar-refractivity contribution in [2.45, 2.75) is 83.8 Å². The predicted molar refractivity (Wildman–Crippen MR) is 83.8 cm³/mol. The topological polar surface area (TPSA) is 29.5 Å². The number of allylic oxidation sites excluding steroid dienone is 1. The van der Waals surface area contributed by atoms with E-state index in [1.807, 2.05) is 0 Å².